The second-order valence-electron chi connectivity index (χ2n) is 3.84. The Labute approximate surface area is 119 Å². The average molecular weight is 289 g/mol. The molecule has 5 heteroatoms. The summed E-state index contributed by atoms with van der Waals surface area (Å²) in [5, 5.41) is 8.35. The first-order valence-corrected chi connectivity index (χ1v) is 6.94. The third-order valence-corrected chi connectivity index (χ3v) is 3.47. The zero-order valence-corrected chi connectivity index (χ0v) is 11.4. The van der Waals surface area contributed by atoms with Gasteiger partial charge in [0.1, 0.15) is 5.03 Å². The molecule has 0 aliphatic heterocycles. The fraction of sp³-hybridized carbons (Fsp3) is 0. The van der Waals surface area contributed by atoms with Crippen molar-refractivity contribution in [3.05, 3.63) is 58.6 Å². The van der Waals surface area contributed by atoms with Crippen LogP contribution in [0.3, 0.4) is 0 Å². The highest BCUT2D eigenvalue weighted by Gasteiger charge is 2.11. The van der Waals surface area contributed by atoms with Crippen LogP contribution in [0, 0.1) is 0 Å². The Balaban J connectivity index is 1.90. The lowest BCUT2D eigenvalue weighted by atomic mass is 10.2. The minimum absolute atomic E-state index is 0.326. The summed E-state index contributed by atoms with van der Waals surface area (Å²) >= 11 is 7.78. The summed E-state index contributed by atoms with van der Waals surface area (Å²) in [7, 11) is 0. The molecule has 0 aliphatic rings. The van der Waals surface area contributed by atoms with Crippen molar-refractivity contribution in [1.29, 1.82) is 0 Å². The predicted molar refractivity (Wildman–Crippen MR) is 77.8 cm³/mol. The third kappa shape index (κ3) is 2.75. The van der Waals surface area contributed by atoms with E-state index in [1.165, 1.54) is 0 Å². The van der Waals surface area contributed by atoms with Crippen molar-refractivity contribution in [2.75, 3.05) is 0 Å². The van der Waals surface area contributed by atoms with E-state index in [9.17, 15) is 0 Å². The van der Waals surface area contributed by atoms with E-state index in [2.05, 4.69) is 10.1 Å². The van der Waals surface area contributed by atoms with E-state index in [1.54, 1.807) is 17.4 Å². The Kier molecular flexibility index (Phi) is 3.44. The summed E-state index contributed by atoms with van der Waals surface area (Å²) in [4.78, 5) is 4.29. The van der Waals surface area contributed by atoms with Gasteiger partial charge >= 0.3 is 0 Å². The molecule has 0 aliphatic carbocycles. The monoisotopic (exact) mass is 288 g/mol. The summed E-state index contributed by atoms with van der Waals surface area (Å²) in [5.41, 5.74) is 1.92. The molecular formula is C14H9ClN2OS. The van der Waals surface area contributed by atoms with Crippen molar-refractivity contribution >= 4 is 34.0 Å². The molecule has 0 fully saturated rings. The summed E-state index contributed by atoms with van der Waals surface area (Å²) in [6.45, 7) is 0. The highest BCUT2D eigenvalue weighted by molar-refractivity contribution is 7.08. The molecule has 0 bridgehead atoms. The summed E-state index contributed by atoms with van der Waals surface area (Å²) in [6, 6.07) is 11.6. The molecule has 1 aromatic carbocycles. The van der Waals surface area contributed by atoms with Crippen LogP contribution in [0.25, 0.3) is 22.5 Å². The van der Waals surface area contributed by atoms with E-state index >= 15 is 0 Å². The second-order valence-corrected chi connectivity index (χ2v) is 5.03. The Morgan fingerprint density at radius 2 is 2.05 bits per heavy atom. The Hall–Kier alpha value is -1.91. The lowest BCUT2D eigenvalue weighted by Gasteiger charge is -1.91. The maximum atomic E-state index is 6.17. The maximum absolute atomic E-state index is 6.17. The van der Waals surface area contributed by atoms with Gasteiger partial charge in [-0.25, -0.2) is 0 Å². The third-order valence-electron chi connectivity index (χ3n) is 2.50. The zero-order valence-electron chi connectivity index (χ0n) is 9.79. The molecular weight excluding hydrogens is 280 g/mol. The van der Waals surface area contributed by atoms with Crippen LogP contribution in [0.4, 0.5) is 0 Å². The molecule has 3 aromatic rings. The number of hydrogen-bond donors (Lipinski definition) is 0. The van der Waals surface area contributed by atoms with E-state index in [1.807, 2.05) is 47.2 Å². The van der Waals surface area contributed by atoms with E-state index in [0.29, 0.717) is 16.7 Å². The molecule has 3 nitrogen and oxygen atoms in total. The number of aromatic nitrogens is 2. The van der Waals surface area contributed by atoms with Gasteiger partial charge in [0.15, 0.2) is 0 Å². The van der Waals surface area contributed by atoms with E-state index in [-0.39, 0.29) is 0 Å². The van der Waals surface area contributed by atoms with E-state index in [0.717, 1.165) is 11.1 Å². The second kappa shape index (κ2) is 5.38. The van der Waals surface area contributed by atoms with Gasteiger partial charge in [0.05, 0.1) is 0 Å². The number of nitrogens with zero attached hydrogens (tertiary/aromatic N) is 2. The van der Waals surface area contributed by atoms with Gasteiger partial charge in [-0.1, -0.05) is 47.1 Å². The van der Waals surface area contributed by atoms with Gasteiger partial charge in [0, 0.05) is 5.56 Å². The molecule has 19 heavy (non-hydrogen) atoms. The quantitative estimate of drug-likeness (QED) is 0.710. The minimum Gasteiger partial charge on any atom is -0.333 e. The lowest BCUT2D eigenvalue weighted by molar-refractivity contribution is 0.410. The van der Waals surface area contributed by atoms with Crippen LogP contribution in [0.15, 0.2) is 51.7 Å². The Bertz CT molecular complexity index is 689. The molecule has 0 radical (unpaired) electrons. The van der Waals surface area contributed by atoms with E-state index in [4.69, 9.17) is 16.1 Å². The largest absolute Gasteiger partial charge is 0.333 e. The van der Waals surface area contributed by atoms with Gasteiger partial charge in [0.25, 0.3) is 5.89 Å². The lowest BCUT2D eigenvalue weighted by Crippen LogP contribution is -1.80. The first kappa shape index (κ1) is 12.1. The number of halogens is 1. The maximum Gasteiger partial charge on any atom is 0.269 e. The first-order chi connectivity index (χ1) is 9.33. The van der Waals surface area contributed by atoms with Crippen LogP contribution in [-0.4, -0.2) is 10.1 Å². The fourth-order valence-electron chi connectivity index (χ4n) is 1.59. The van der Waals surface area contributed by atoms with Crippen molar-refractivity contribution in [2.24, 2.45) is 0 Å². The van der Waals surface area contributed by atoms with Gasteiger partial charge in [-0.2, -0.15) is 16.3 Å². The molecule has 94 valence electrons. The van der Waals surface area contributed by atoms with Crippen LogP contribution < -0.4 is 0 Å². The Morgan fingerprint density at radius 1 is 1.21 bits per heavy atom. The van der Waals surface area contributed by atoms with Crippen molar-refractivity contribution in [1.82, 2.24) is 10.1 Å². The first-order valence-electron chi connectivity index (χ1n) is 5.62. The average Bonchev–Trinajstić information content (AvgIpc) is 3.10. The molecule has 0 saturated heterocycles. The van der Waals surface area contributed by atoms with Gasteiger partial charge in [-0.3, -0.25) is 0 Å². The van der Waals surface area contributed by atoms with Gasteiger partial charge < -0.3 is 4.52 Å². The van der Waals surface area contributed by atoms with Crippen LogP contribution in [-0.2, 0) is 0 Å². The molecule has 0 saturated carbocycles. The van der Waals surface area contributed by atoms with Crippen molar-refractivity contribution in [3.63, 3.8) is 0 Å². The molecule has 0 unspecified atom stereocenters. The van der Waals surface area contributed by atoms with Crippen molar-refractivity contribution < 1.29 is 4.52 Å². The van der Waals surface area contributed by atoms with Crippen molar-refractivity contribution in [3.8, 4) is 11.4 Å². The highest BCUT2D eigenvalue weighted by atomic mass is 35.5. The molecule has 2 heterocycles. The highest BCUT2D eigenvalue weighted by Crippen LogP contribution is 2.24. The predicted octanol–water partition coefficient (Wildman–Crippen LogP) is 4.54. The number of benzene rings is 1. The summed E-state index contributed by atoms with van der Waals surface area (Å²) in [5.74, 6) is 0.860. The number of thiophene rings is 1. The molecule has 0 atom stereocenters. The molecule has 3 rings (SSSR count). The van der Waals surface area contributed by atoms with Crippen LogP contribution in [0.1, 0.15) is 11.5 Å². The van der Waals surface area contributed by atoms with Crippen molar-refractivity contribution in [2.45, 2.75) is 0 Å². The van der Waals surface area contributed by atoms with Gasteiger partial charge in [-0.15, -0.1) is 0 Å². The normalized spacial score (nSPS) is 11.7. The fourth-order valence-corrected chi connectivity index (χ4v) is 2.41. The molecule has 0 spiro atoms. The number of hydrogen-bond acceptors (Lipinski definition) is 4. The van der Waals surface area contributed by atoms with Crippen LogP contribution in [0.5, 0.6) is 0 Å². The Morgan fingerprint density at radius 3 is 2.79 bits per heavy atom. The SMILES string of the molecule is Cl/C(=C\c1ccsc1)c1nc(-c2ccccc2)no1. The molecule has 0 amide bonds. The minimum atomic E-state index is 0.326. The van der Waals surface area contributed by atoms with E-state index < -0.39 is 0 Å². The summed E-state index contributed by atoms with van der Waals surface area (Å²) < 4.78 is 5.17. The van der Waals surface area contributed by atoms with Gasteiger partial charge in [0.2, 0.25) is 5.82 Å². The van der Waals surface area contributed by atoms with Gasteiger partial charge in [-0.05, 0) is 28.5 Å². The summed E-state index contributed by atoms with van der Waals surface area (Å²) in [6.07, 6.45) is 1.81. The van der Waals surface area contributed by atoms with Crippen LogP contribution >= 0.6 is 22.9 Å². The molecule has 2 aromatic heterocycles. The zero-order chi connectivity index (χ0) is 13.1. The standard InChI is InChI=1S/C14H9ClN2OS/c15-12(8-10-6-7-19-9-10)14-16-13(17-18-14)11-4-2-1-3-5-11/h1-9H/b12-8-. The smallest absolute Gasteiger partial charge is 0.269 e. The van der Waals surface area contributed by atoms with Crippen LogP contribution in [0.2, 0.25) is 0 Å². The molecule has 0 N–H and O–H groups in total. The topological polar surface area (TPSA) is 38.9 Å². The number of rotatable bonds is 3.